The molecule has 1 aliphatic heterocycles. The molecule has 0 saturated carbocycles. The number of furan rings is 1. The number of carbonyl (C=O) groups is 3. The van der Waals surface area contributed by atoms with Crippen LogP contribution in [0.2, 0.25) is 0 Å². The molecule has 2 rings (SSSR count). The zero-order valence-corrected chi connectivity index (χ0v) is 16.1. The highest BCUT2D eigenvalue weighted by Gasteiger charge is 2.39. The summed E-state index contributed by atoms with van der Waals surface area (Å²) in [5, 5.41) is 2.82. The Bertz CT molecular complexity index is 673. The Labute approximate surface area is 156 Å². The van der Waals surface area contributed by atoms with Gasteiger partial charge in [-0.25, -0.2) is 0 Å². The van der Waals surface area contributed by atoms with Crippen LogP contribution in [0.25, 0.3) is 0 Å². The predicted molar refractivity (Wildman–Crippen MR) is 97.6 cm³/mol. The zero-order chi connectivity index (χ0) is 19.3. The fraction of sp³-hybridized carbons (Fsp3) is 0.588. The Morgan fingerprint density at radius 3 is 2.77 bits per heavy atom. The third kappa shape index (κ3) is 4.79. The van der Waals surface area contributed by atoms with Crippen molar-refractivity contribution in [2.75, 3.05) is 32.6 Å². The van der Waals surface area contributed by atoms with Crippen molar-refractivity contribution in [1.29, 1.82) is 0 Å². The van der Waals surface area contributed by atoms with E-state index < -0.39 is 17.4 Å². The highest BCUT2D eigenvalue weighted by molar-refractivity contribution is 7.97. The van der Waals surface area contributed by atoms with E-state index in [0.717, 1.165) is 5.76 Å². The summed E-state index contributed by atoms with van der Waals surface area (Å²) in [5.74, 6) is 0.188. The van der Waals surface area contributed by atoms with Gasteiger partial charge in [0.05, 0.1) is 25.0 Å². The van der Waals surface area contributed by atoms with Crippen molar-refractivity contribution in [1.82, 2.24) is 10.2 Å². The summed E-state index contributed by atoms with van der Waals surface area (Å²) in [6.07, 6.45) is 1.95. The number of ether oxygens (including phenoxy) is 1. The number of hydrogen-bond acceptors (Lipinski definition) is 6. The second kappa shape index (κ2) is 8.59. The van der Waals surface area contributed by atoms with Crippen LogP contribution >= 0.6 is 11.8 Å². The van der Waals surface area contributed by atoms with Crippen LogP contribution in [0.1, 0.15) is 30.2 Å². The van der Waals surface area contributed by atoms with E-state index in [2.05, 4.69) is 5.32 Å². The highest BCUT2D eigenvalue weighted by Crippen LogP contribution is 2.19. The van der Waals surface area contributed by atoms with Gasteiger partial charge >= 0.3 is 0 Å². The maximum absolute atomic E-state index is 12.6. The van der Waals surface area contributed by atoms with Crippen LogP contribution in [0.3, 0.4) is 0 Å². The monoisotopic (exact) mass is 383 g/mol. The summed E-state index contributed by atoms with van der Waals surface area (Å²) in [4.78, 5) is 38.1. The highest BCUT2D eigenvalue weighted by atomic mass is 32.2. The number of nitrogens with one attached hydrogen (secondary N) is 1. The molecule has 8 nitrogen and oxygen atoms in total. The van der Waals surface area contributed by atoms with Gasteiger partial charge in [-0.15, -0.1) is 0 Å². The summed E-state index contributed by atoms with van der Waals surface area (Å²) in [5.41, 5.74) is 4.02. The fourth-order valence-corrected chi connectivity index (χ4v) is 3.00. The minimum atomic E-state index is -1.31. The van der Waals surface area contributed by atoms with E-state index in [4.69, 9.17) is 14.9 Å². The lowest BCUT2D eigenvalue weighted by atomic mass is 9.90. The molecule has 1 aromatic heterocycles. The molecule has 26 heavy (non-hydrogen) atoms. The van der Waals surface area contributed by atoms with Gasteiger partial charge in [0.2, 0.25) is 11.8 Å². The smallest absolute Gasteiger partial charge is 0.287 e. The van der Waals surface area contributed by atoms with Crippen LogP contribution in [0.4, 0.5) is 0 Å². The quantitative estimate of drug-likeness (QED) is 0.696. The van der Waals surface area contributed by atoms with Crippen LogP contribution in [-0.4, -0.2) is 61.2 Å². The Morgan fingerprint density at radius 2 is 2.12 bits per heavy atom. The topological polar surface area (TPSA) is 115 Å². The molecule has 0 bridgehead atoms. The van der Waals surface area contributed by atoms with E-state index in [-0.39, 0.29) is 30.7 Å². The lowest BCUT2D eigenvalue weighted by Crippen LogP contribution is -2.52. The van der Waals surface area contributed by atoms with Crippen LogP contribution in [0.5, 0.6) is 0 Å². The van der Waals surface area contributed by atoms with Gasteiger partial charge in [0.15, 0.2) is 5.76 Å². The van der Waals surface area contributed by atoms with Gasteiger partial charge < -0.3 is 25.1 Å². The van der Waals surface area contributed by atoms with Crippen LogP contribution < -0.4 is 11.1 Å². The number of amides is 3. The molecule has 1 aliphatic rings. The Balaban J connectivity index is 2.03. The van der Waals surface area contributed by atoms with Gasteiger partial charge in [0, 0.05) is 13.1 Å². The SMILES string of the molecule is CSCc1ccc(C(=O)NC2COCCN(C(=O)C(C)(C)C(N)=O)C2)o1. The van der Waals surface area contributed by atoms with E-state index in [1.165, 1.54) is 18.7 Å². The zero-order valence-electron chi connectivity index (χ0n) is 15.2. The molecular weight excluding hydrogens is 358 g/mol. The molecule has 3 N–H and O–H groups in total. The van der Waals surface area contributed by atoms with E-state index in [0.29, 0.717) is 18.9 Å². The summed E-state index contributed by atoms with van der Waals surface area (Å²) in [6, 6.07) is 2.98. The maximum atomic E-state index is 12.6. The van der Waals surface area contributed by atoms with Gasteiger partial charge in [0.1, 0.15) is 11.2 Å². The molecule has 1 saturated heterocycles. The van der Waals surface area contributed by atoms with Crippen LogP contribution in [0, 0.1) is 5.41 Å². The summed E-state index contributed by atoms with van der Waals surface area (Å²) in [7, 11) is 0. The Morgan fingerprint density at radius 1 is 1.38 bits per heavy atom. The maximum Gasteiger partial charge on any atom is 0.287 e. The number of nitrogens with zero attached hydrogens (tertiary/aromatic N) is 1. The minimum absolute atomic E-state index is 0.216. The Hall–Kier alpha value is -2.00. The first-order valence-electron chi connectivity index (χ1n) is 8.31. The molecular formula is C17H25N3O5S. The average Bonchev–Trinajstić information content (AvgIpc) is 2.93. The normalized spacial score (nSPS) is 18.3. The third-order valence-electron chi connectivity index (χ3n) is 4.21. The van der Waals surface area contributed by atoms with E-state index in [9.17, 15) is 14.4 Å². The molecule has 2 heterocycles. The largest absolute Gasteiger partial charge is 0.455 e. The second-order valence-corrected chi connectivity index (χ2v) is 7.55. The molecule has 0 aromatic carbocycles. The standard InChI is InChI=1S/C17H25N3O5S/c1-17(2,15(18)22)16(23)20-6-7-24-9-11(8-20)19-14(21)13-5-4-12(25-13)10-26-3/h4-5,11H,6-10H2,1-3H3,(H2,18,22)(H,19,21). The van der Waals surface area contributed by atoms with Gasteiger partial charge in [-0.3, -0.25) is 14.4 Å². The van der Waals surface area contributed by atoms with Crippen LogP contribution in [-0.2, 0) is 20.1 Å². The second-order valence-electron chi connectivity index (χ2n) is 6.68. The van der Waals surface area contributed by atoms with Gasteiger partial charge in [-0.05, 0) is 32.2 Å². The van der Waals surface area contributed by atoms with Crippen molar-refractivity contribution in [3.05, 3.63) is 23.7 Å². The molecule has 1 aromatic rings. The molecule has 3 amide bonds. The van der Waals surface area contributed by atoms with E-state index in [1.54, 1.807) is 23.9 Å². The van der Waals surface area contributed by atoms with Gasteiger partial charge in [-0.1, -0.05) is 0 Å². The van der Waals surface area contributed by atoms with Crippen molar-refractivity contribution in [3.63, 3.8) is 0 Å². The van der Waals surface area contributed by atoms with Crippen molar-refractivity contribution in [2.45, 2.75) is 25.6 Å². The van der Waals surface area contributed by atoms with Crippen molar-refractivity contribution in [3.8, 4) is 0 Å². The third-order valence-corrected chi connectivity index (χ3v) is 4.78. The van der Waals surface area contributed by atoms with Crippen molar-refractivity contribution >= 4 is 29.5 Å². The molecule has 1 unspecified atom stereocenters. The van der Waals surface area contributed by atoms with Crippen molar-refractivity contribution < 1.29 is 23.5 Å². The van der Waals surface area contributed by atoms with Gasteiger partial charge in [-0.2, -0.15) is 11.8 Å². The summed E-state index contributed by atoms with van der Waals surface area (Å²) < 4.78 is 11.0. The lowest BCUT2D eigenvalue weighted by molar-refractivity contribution is -0.147. The van der Waals surface area contributed by atoms with E-state index in [1.807, 2.05) is 6.26 Å². The van der Waals surface area contributed by atoms with E-state index >= 15 is 0 Å². The van der Waals surface area contributed by atoms with Gasteiger partial charge in [0.25, 0.3) is 5.91 Å². The number of thioether (sulfide) groups is 1. The molecule has 9 heteroatoms. The first-order valence-corrected chi connectivity index (χ1v) is 9.70. The number of hydrogen-bond donors (Lipinski definition) is 2. The first-order chi connectivity index (χ1) is 12.3. The fourth-order valence-electron chi connectivity index (χ4n) is 2.56. The lowest BCUT2D eigenvalue weighted by Gasteiger charge is -2.30. The summed E-state index contributed by atoms with van der Waals surface area (Å²) in [6.45, 7) is 4.15. The predicted octanol–water partition coefficient (Wildman–Crippen LogP) is 0.611. The first kappa shape index (κ1) is 20.3. The Kier molecular flexibility index (Phi) is 6.71. The number of primary amides is 1. The number of carbonyl (C=O) groups excluding carboxylic acids is 3. The molecule has 0 radical (unpaired) electrons. The number of nitrogens with two attached hydrogens (primary N) is 1. The van der Waals surface area contributed by atoms with Crippen molar-refractivity contribution in [2.24, 2.45) is 11.1 Å². The average molecular weight is 383 g/mol. The summed E-state index contributed by atoms with van der Waals surface area (Å²) >= 11 is 1.60. The molecule has 0 spiro atoms. The van der Waals surface area contributed by atoms with Crippen LogP contribution in [0.15, 0.2) is 16.5 Å². The molecule has 0 aliphatic carbocycles. The molecule has 1 fully saturated rings. The number of rotatable bonds is 6. The molecule has 1 atom stereocenters. The minimum Gasteiger partial charge on any atom is -0.455 e. The molecule has 144 valence electrons.